The normalized spacial score (nSPS) is 11.4. The maximum Gasteiger partial charge on any atom is 0.244 e. The van der Waals surface area contributed by atoms with Gasteiger partial charge in [0.2, 0.25) is 5.91 Å². The van der Waals surface area contributed by atoms with Crippen LogP contribution in [0.4, 0.5) is 0 Å². The molecule has 0 bridgehead atoms. The van der Waals surface area contributed by atoms with Crippen LogP contribution in [0.5, 0.6) is 0 Å². The summed E-state index contributed by atoms with van der Waals surface area (Å²) >= 11 is 6.08. The number of rotatable bonds is 5. The summed E-state index contributed by atoms with van der Waals surface area (Å²) in [7, 11) is 1.77. The van der Waals surface area contributed by atoms with Crippen molar-refractivity contribution >= 4 is 23.6 Å². The summed E-state index contributed by atoms with van der Waals surface area (Å²) < 4.78 is 1.59. The minimum atomic E-state index is -0.0944. The molecule has 1 N–H and O–H groups in total. The summed E-state index contributed by atoms with van der Waals surface area (Å²) in [6.45, 7) is 5.98. The zero-order valence-corrected chi connectivity index (χ0v) is 12.1. The summed E-state index contributed by atoms with van der Waals surface area (Å²) in [5.41, 5.74) is 1.60. The van der Waals surface area contributed by atoms with Gasteiger partial charge in [-0.2, -0.15) is 5.10 Å². The van der Waals surface area contributed by atoms with Crippen LogP contribution in [0.25, 0.3) is 6.08 Å². The molecule has 0 spiro atoms. The van der Waals surface area contributed by atoms with Crippen molar-refractivity contribution in [3.63, 3.8) is 0 Å². The molecule has 0 aromatic carbocycles. The first kappa shape index (κ1) is 14.8. The predicted molar refractivity (Wildman–Crippen MR) is 74.5 cm³/mol. The van der Waals surface area contributed by atoms with Crippen LogP contribution in [0.2, 0.25) is 5.15 Å². The molecule has 0 aliphatic heterocycles. The van der Waals surface area contributed by atoms with Crippen LogP contribution in [0.3, 0.4) is 0 Å². The maximum atomic E-state index is 11.7. The average molecular weight is 270 g/mol. The monoisotopic (exact) mass is 269 g/mol. The molecule has 0 radical (unpaired) electrons. The Hall–Kier alpha value is -1.29. The van der Waals surface area contributed by atoms with Gasteiger partial charge in [0.15, 0.2) is 0 Å². The highest BCUT2D eigenvalue weighted by Crippen LogP contribution is 2.19. The highest BCUT2D eigenvalue weighted by atomic mass is 35.5. The third-order valence-corrected chi connectivity index (χ3v) is 3.38. The molecule has 1 rings (SSSR count). The van der Waals surface area contributed by atoms with E-state index in [0.717, 1.165) is 24.1 Å². The molecule has 4 nitrogen and oxygen atoms in total. The van der Waals surface area contributed by atoms with E-state index in [-0.39, 0.29) is 11.9 Å². The van der Waals surface area contributed by atoms with Crippen molar-refractivity contribution in [1.29, 1.82) is 0 Å². The molecule has 0 unspecified atom stereocenters. The Kier molecular flexibility index (Phi) is 5.41. The fourth-order valence-corrected chi connectivity index (χ4v) is 1.97. The van der Waals surface area contributed by atoms with Gasteiger partial charge in [0.1, 0.15) is 5.15 Å². The molecule has 0 fully saturated rings. The third kappa shape index (κ3) is 3.60. The van der Waals surface area contributed by atoms with E-state index < -0.39 is 0 Å². The van der Waals surface area contributed by atoms with Crippen molar-refractivity contribution in [2.75, 3.05) is 0 Å². The number of aromatic nitrogens is 2. The Balaban J connectivity index is 2.72. The van der Waals surface area contributed by atoms with Gasteiger partial charge < -0.3 is 5.32 Å². The zero-order chi connectivity index (χ0) is 13.7. The van der Waals surface area contributed by atoms with Gasteiger partial charge in [0.25, 0.3) is 0 Å². The highest BCUT2D eigenvalue weighted by molar-refractivity contribution is 6.31. The molecule has 0 saturated carbocycles. The number of aryl methyl sites for hydroxylation is 2. The van der Waals surface area contributed by atoms with Crippen molar-refractivity contribution in [3.8, 4) is 0 Å². The predicted octanol–water partition coefficient (Wildman–Crippen LogP) is 2.70. The minimum Gasteiger partial charge on any atom is -0.350 e. The highest BCUT2D eigenvalue weighted by Gasteiger charge is 2.09. The first-order valence-corrected chi connectivity index (χ1v) is 6.55. The molecular weight excluding hydrogens is 250 g/mol. The Labute approximate surface area is 113 Å². The summed E-state index contributed by atoms with van der Waals surface area (Å²) in [6, 6.07) is 0.229. The van der Waals surface area contributed by atoms with Gasteiger partial charge in [0, 0.05) is 24.7 Å². The van der Waals surface area contributed by atoms with Gasteiger partial charge >= 0.3 is 0 Å². The van der Waals surface area contributed by atoms with E-state index in [1.165, 1.54) is 6.08 Å². The van der Waals surface area contributed by atoms with Gasteiger partial charge in [-0.1, -0.05) is 25.4 Å². The average Bonchev–Trinajstić information content (AvgIpc) is 2.58. The van der Waals surface area contributed by atoms with Gasteiger partial charge in [-0.15, -0.1) is 0 Å². The van der Waals surface area contributed by atoms with Crippen LogP contribution in [-0.4, -0.2) is 21.7 Å². The summed E-state index contributed by atoms with van der Waals surface area (Å²) in [5, 5.41) is 7.66. The Morgan fingerprint density at radius 2 is 2.11 bits per heavy atom. The van der Waals surface area contributed by atoms with E-state index in [2.05, 4.69) is 24.3 Å². The second kappa shape index (κ2) is 6.59. The first-order valence-electron chi connectivity index (χ1n) is 6.17. The van der Waals surface area contributed by atoms with Crippen LogP contribution in [0, 0.1) is 6.92 Å². The van der Waals surface area contributed by atoms with Gasteiger partial charge in [0.05, 0.1) is 5.69 Å². The second-order valence-electron chi connectivity index (χ2n) is 4.27. The Morgan fingerprint density at radius 3 is 2.56 bits per heavy atom. The summed E-state index contributed by atoms with van der Waals surface area (Å²) in [6.07, 6.45) is 5.09. The molecule has 0 aliphatic rings. The molecule has 1 amide bonds. The van der Waals surface area contributed by atoms with Crippen LogP contribution >= 0.6 is 11.6 Å². The van der Waals surface area contributed by atoms with Crippen LogP contribution in [0.15, 0.2) is 6.08 Å². The summed E-state index contributed by atoms with van der Waals surface area (Å²) in [4.78, 5) is 11.7. The molecule has 5 heteroatoms. The van der Waals surface area contributed by atoms with E-state index in [1.54, 1.807) is 17.8 Å². The largest absolute Gasteiger partial charge is 0.350 e. The maximum absolute atomic E-state index is 11.7. The molecule has 0 saturated heterocycles. The van der Waals surface area contributed by atoms with E-state index >= 15 is 0 Å². The molecule has 1 aromatic heterocycles. The standard InChI is InChI=1S/C13H20ClN3O/c1-5-10(6-2)15-12(18)8-7-11-9(3)16-17(4)13(11)14/h7-8,10H,5-6H2,1-4H3,(H,15,18)/b8-7+. The summed E-state index contributed by atoms with van der Waals surface area (Å²) in [5.74, 6) is -0.0944. The Bertz CT molecular complexity index is 447. The number of hydrogen-bond donors (Lipinski definition) is 1. The molecular formula is C13H20ClN3O. The lowest BCUT2D eigenvalue weighted by atomic mass is 10.1. The van der Waals surface area contributed by atoms with Crippen molar-refractivity contribution < 1.29 is 4.79 Å². The van der Waals surface area contributed by atoms with Crippen LogP contribution in [-0.2, 0) is 11.8 Å². The van der Waals surface area contributed by atoms with Crippen LogP contribution in [0.1, 0.15) is 37.9 Å². The second-order valence-corrected chi connectivity index (χ2v) is 4.63. The molecule has 1 aromatic rings. The number of amides is 1. The van der Waals surface area contributed by atoms with E-state index in [0.29, 0.717) is 5.15 Å². The lowest BCUT2D eigenvalue weighted by molar-refractivity contribution is -0.117. The lowest BCUT2D eigenvalue weighted by Gasteiger charge is -2.12. The number of nitrogens with zero attached hydrogens (tertiary/aromatic N) is 2. The Morgan fingerprint density at radius 1 is 1.50 bits per heavy atom. The molecule has 100 valence electrons. The third-order valence-electron chi connectivity index (χ3n) is 2.93. The molecule has 0 aliphatic carbocycles. The first-order chi connectivity index (χ1) is 8.49. The van der Waals surface area contributed by atoms with Crippen molar-refractivity contribution in [2.24, 2.45) is 7.05 Å². The van der Waals surface area contributed by atoms with E-state index in [9.17, 15) is 4.79 Å². The van der Waals surface area contributed by atoms with E-state index in [4.69, 9.17) is 11.6 Å². The van der Waals surface area contributed by atoms with Crippen molar-refractivity contribution in [3.05, 3.63) is 22.5 Å². The fourth-order valence-electron chi connectivity index (χ4n) is 1.74. The SMILES string of the molecule is CCC(CC)NC(=O)/C=C/c1c(C)nn(C)c1Cl. The lowest BCUT2D eigenvalue weighted by Crippen LogP contribution is -2.32. The number of carbonyl (C=O) groups is 1. The number of nitrogens with one attached hydrogen (secondary N) is 1. The fraction of sp³-hybridized carbons (Fsp3) is 0.538. The number of halogens is 1. The quantitative estimate of drug-likeness (QED) is 0.836. The molecule has 18 heavy (non-hydrogen) atoms. The van der Waals surface area contributed by atoms with Gasteiger partial charge in [-0.3, -0.25) is 9.48 Å². The smallest absolute Gasteiger partial charge is 0.244 e. The van der Waals surface area contributed by atoms with Crippen LogP contribution < -0.4 is 5.32 Å². The van der Waals surface area contributed by atoms with Gasteiger partial charge in [-0.25, -0.2) is 0 Å². The number of hydrogen-bond acceptors (Lipinski definition) is 2. The molecule has 0 atom stereocenters. The van der Waals surface area contributed by atoms with Gasteiger partial charge in [-0.05, 0) is 25.8 Å². The number of carbonyl (C=O) groups excluding carboxylic acids is 1. The van der Waals surface area contributed by atoms with E-state index in [1.807, 2.05) is 6.92 Å². The van der Waals surface area contributed by atoms with Crippen molar-refractivity contribution in [2.45, 2.75) is 39.7 Å². The topological polar surface area (TPSA) is 46.9 Å². The minimum absolute atomic E-state index is 0.0944. The van der Waals surface area contributed by atoms with Crippen molar-refractivity contribution in [1.82, 2.24) is 15.1 Å². The molecule has 1 heterocycles. The zero-order valence-electron chi connectivity index (χ0n) is 11.3.